The molecule has 2 aromatic rings. The van der Waals surface area contributed by atoms with Gasteiger partial charge in [-0.15, -0.1) is 11.3 Å². The van der Waals surface area contributed by atoms with E-state index in [1.54, 1.807) is 42.5 Å². The van der Waals surface area contributed by atoms with Crippen LogP contribution in [0.3, 0.4) is 0 Å². The summed E-state index contributed by atoms with van der Waals surface area (Å²) in [5, 5.41) is 2.92. The number of thiophene rings is 1. The predicted octanol–water partition coefficient (Wildman–Crippen LogP) is 4.49. The number of aryl methyl sites for hydroxylation is 2. The molecule has 24 heavy (non-hydrogen) atoms. The number of hydrogen-bond acceptors (Lipinski definition) is 5. The molecular formula is C18H24O4S2. The lowest BCUT2D eigenvalue weighted by molar-refractivity contribution is 0.151. The van der Waals surface area contributed by atoms with E-state index in [9.17, 15) is 8.42 Å². The van der Waals surface area contributed by atoms with E-state index in [0.717, 1.165) is 23.5 Å². The molecule has 0 radical (unpaired) electrons. The minimum Gasteiger partial charge on any atom is -0.481 e. The molecule has 0 N–H and O–H groups in total. The fourth-order valence-corrected chi connectivity index (χ4v) is 4.35. The van der Waals surface area contributed by atoms with Crippen molar-refractivity contribution in [1.82, 2.24) is 0 Å². The maximum absolute atomic E-state index is 12.3. The van der Waals surface area contributed by atoms with Gasteiger partial charge in [-0.3, -0.25) is 4.18 Å². The van der Waals surface area contributed by atoms with Crippen LogP contribution >= 0.6 is 11.3 Å². The summed E-state index contributed by atoms with van der Waals surface area (Å²) in [5.41, 5.74) is 3.43. The molecule has 132 valence electrons. The van der Waals surface area contributed by atoms with E-state index in [0.29, 0.717) is 0 Å². The van der Waals surface area contributed by atoms with Crippen molar-refractivity contribution in [2.45, 2.75) is 51.5 Å². The van der Waals surface area contributed by atoms with E-state index >= 15 is 0 Å². The monoisotopic (exact) mass is 368 g/mol. The quantitative estimate of drug-likeness (QED) is 0.644. The second kappa shape index (κ2) is 8.14. The lowest BCUT2D eigenvalue weighted by atomic mass is 10.1. The van der Waals surface area contributed by atoms with Crippen LogP contribution in [-0.4, -0.2) is 21.1 Å². The molecule has 0 aliphatic heterocycles. The highest BCUT2D eigenvalue weighted by molar-refractivity contribution is 7.86. The van der Waals surface area contributed by atoms with Gasteiger partial charge in [0.25, 0.3) is 10.1 Å². The molecule has 2 rings (SSSR count). The molecule has 0 saturated heterocycles. The lowest BCUT2D eigenvalue weighted by Crippen LogP contribution is -2.22. The SMILES string of the molecule is CCCc1c(C)csc1OCC(C)OS(=O)(=O)c1ccc(C)cc1. The van der Waals surface area contributed by atoms with E-state index in [1.165, 1.54) is 11.1 Å². The maximum atomic E-state index is 12.3. The molecule has 6 heteroatoms. The second-order valence-electron chi connectivity index (χ2n) is 5.92. The number of rotatable bonds is 8. The van der Waals surface area contributed by atoms with Gasteiger partial charge in [-0.25, -0.2) is 0 Å². The van der Waals surface area contributed by atoms with Gasteiger partial charge >= 0.3 is 0 Å². The molecule has 4 nitrogen and oxygen atoms in total. The van der Waals surface area contributed by atoms with Gasteiger partial charge in [-0.05, 0) is 50.3 Å². The van der Waals surface area contributed by atoms with Crippen molar-refractivity contribution in [3.8, 4) is 5.06 Å². The molecule has 0 amide bonds. The summed E-state index contributed by atoms with van der Waals surface area (Å²) in [5.74, 6) is 0. The van der Waals surface area contributed by atoms with Crippen molar-refractivity contribution < 1.29 is 17.3 Å². The Bertz CT molecular complexity index is 761. The second-order valence-corrected chi connectivity index (χ2v) is 8.33. The smallest absolute Gasteiger partial charge is 0.297 e. The highest BCUT2D eigenvalue weighted by Crippen LogP contribution is 2.31. The van der Waals surface area contributed by atoms with Crippen molar-refractivity contribution >= 4 is 21.5 Å². The number of benzene rings is 1. The summed E-state index contributed by atoms with van der Waals surface area (Å²) in [4.78, 5) is 0.165. The summed E-state index contributed by atoms with van der Waals surface area (Å²) in [6.45, 7) is 8.00. The molecule has 0 bridgehead atoms. The zero-order chi connectivity index (χ0) is 17.7. The van der Waals surface area contributed by atoms with Gasteiger partial charge in [0.15, 0.2) is 5.06 Å². The van der Waals surface area contributed by atoms with Crippen molar-refractivity contribution in [3.63, 3.8) is 0 Å². The van der Waals surface area contributed by atoms with Crippen LogP contribution in [0.4, 0.5) is 0 Å². The minimum absolute atomic E-state index is 0.165. The Hall–Kier alpha value is -1.37. The largest absolute Gasteiger partial charge is 0.481 e. The van der Waals surface area contributed by atoms with Crippen LogP contribution in [0.1, 0.15) is 37.0 Å². The molecule has 0 aliphatic carbocycles. The van der Waals surface area contributed by atoms with Crippen molar-refractivity contribution in [3.05, 3.63) is 46.3 Å². The Morgan fingerprint density at radius 1 is 1.17 bits per heavy atom. The molecule has 0 aliphatic rings. The first-order valence-corrected chi connectivity index (χ1v) is 10.3. The Morgan fingerprint density at radius 3 is 2.46 bits per heavy atom. The van der Waals surface area contributed by atoms with Crippen LogP contribution < -0.4 is 4.74 Å². The van der Waals surface area contributed by atoms with Crippen LogP contribution in [0, 0.1) is 13.8 Å². The van der Waals surface area contributed by atoms with E-state index in [-0.39, 0.29) is 11.5 Å². The van der Waals surface area contributed by atoms with Gasteiger partial charge in [-0.1, -0.05) is 31.0 Å². The zero-order valence-electron chi connectivity index (χ0n) is 14.5. The first-order valence-electron chi connectivity index (χ1n) is 8.03. The first-order chi connectivity index (χ1) is 11.3. The topological polar surface area (TPSA) is 52.6 Å². The minimum atomic E-state index is -3.77. The maximum Gasteiger partial charge on any atom is 0.297 e. The van der Waals surface area contributed by atoms with Gasteiger partial charge in [0.1, 0.15) is 12.7 Å². The summed E-state index contributed by atoms with van der Waals surface area (Å²) >= 11 is 1.55. The normalized spacial score (nSPS) is 13.0. The van der Waals surface area contributed by atoms with E-state index in [1.807, 2.05) is 6.92 Å². The van der Waals surface area contributed by atoms with Gasteiger partial charge in [0.05, 0.1) is 4.90 Å². The molecule has 1 aromatic carbocycles. The molecule has 1 unspecified atom stereocenters. The fraction of sp³-hybridized carbons (Fsp3) is 0.444. The summed E-state index contributed by atoms with van der Waals surface area (Å²) in [6, 6.07) is 6.62. The third-order valence-electron chi connectivity index (χ3n) is 3.61. The number of ether oxygens (including phenoxy) is 1. The first kappa shape index (κ1) is 19.0. The molecule has 1 atom stereocenters. The Balaban J connectivity index is 1.98. The summed E-state index contributed by atoms with van der Waals surface area (Å²) < 4.78 is 35.6. The van der Waals surface area contributed by atoms with Gasteiger partial charge in [0.2, 0.25) is 0 Å². The van der Waals surface area contributed by atoms with Crippen LogP contribution in [0.15, 0.2) is 34.5 Å². The van der Waals surface area contributed by atoms with E-state index in [2.05, 4.69) is 19.2 Å². The molecule has 1 heterocycles. The standard InChI is InChI=1S/C18H24O4S2/c1-5-6-17-14(3)12-23-18(17)21-11-15(4)22-24(19,20)16-9-7-13(2)8-10-16/h7-10,12,15H,5-6,11H2,1-4H3. The fourth-order valence-electron chi connectivity index (χ4n) is 2.31. The van der Waals surface area contributed by atoms with Crippen LogP contribution in [0.2, 0.25) is 0 Å². The third-order valence-corrected chi connectivity index (χ3v) is 6.10. The highest BCUT2D eigenvalue weighted by Gasteiger charge is 2.20. The molecule has 0 saturated carbocycles. The summed E-state index contributed by atoms with van der Waals surface area (Å²) in [6.07, 6.45) is 1.44. The van der Waals surface area contributed by atoms with E-state index < -0.39 is 16.2 Å². The predicted molar refractivity (Wildman–Crippen MR) is 97.5 cm³/mol. The van der Waals surface area contributed by atoms with E-state index in [4.69, 9.17) is 8.92 Å². The van der Waals surface area contributed by atoms with Crippen LogP contribution in [0.5, 0.6) is 5.06 Å². The Labute approximate surface area is 148 Å². The Kier molecular flexibility index (Phi) is 6.43. The van der Waals surface area contributed by atoms with Crippen LogP contribution in [-0.2, 0) is 20.7 Å². The molecule has 0 fully saturated rings. The van der Waals surface area contributed by atoms with Gasteiger partial charge in [0, 0.05) is 5.56 Å². The lowest BCUT2D eigenvalue weighted by Gasteiger charge is -2.14. The van der Waals surface area contributed by atoms with Crippen LogP contribution in [0.25, 0.3) is 0 Å². The molecule has 1 aromatic heterocycles. The number of hydrogen-bond donors (Lipinski definition) is 0. The van der Waals surface area contributed by atoms with Crippen molar-refractivity contribution in [1.29, 1.82) is 0 Å². The average Bonchev–Trinajstić information content (AvgIpc) is 2.86. The van der Waals surface area contributed by atoms with Gasteiger partial charge < -0.3 is 4.74 Å². The third kappa shape index (κ3) is 4.82. The highest BCUT2D eigenvalue weighted by atomic mass is 32.2. The average molecular weight is 369 g/mol. The summed E-state index contributed by atoms with van der Waals surface area (Å²) in [7, 11) is -3.77. The van der Waals surface area contributed by atoms with Crippen molar-refractivity contribution in [2.75, 3.05) is 6.61 Å². The molecular weight excluding hydrogens is 344 g/mol. The molecule has 0 spiro atoms. The zero-order valence-corrected chi connectivity index (χ0v) is 16.2. The Morgan fingerprint density at radius 2 is 1.83 bits per heavy atom. The van der Waals surface area contributed by atoms with Gasteiger partial charge in [-0.2, -0.15) is 8.42 Å². The van der Waals surface area contributed by atoms with Crippen molar-refractivity contribution in [2.24, 2.45) is 0 Å².